The van der Waals surface area contributed by atoms with Gasteiger partial charge < -0.3 is 38.1 Å². The third-order valence-corrected chi connectivity index (χ3v) is 4.86. The standard InChI is InChI=1S/C13H16N2O13/c16-13(25-5-1-21-11-7(27-14(17)18)3-23-9(5)11)26-6-2-22-12-8(28-15(19)20)4-24-10(6)12/h5-12H,1-4H2/t5-,6-,7-,8-,9-,10-,11+,12+/m1/s1. The Morgan fingerprint density at radius 1 is 0.679 bits per heavy atom. The van der Waals surface area contributed by atoms with Gasteiger partial charge in [0.15, 0.2) is 24.4 Å². The molecule has 0 aromatic heterocycles. The summed E-state index contributed by atoms with van der Waals surface area (Å²) in [5.74, 6) is 0. The van der Waals surface area contributed by atoms with Crippen LogP contribution in [0.4, 0.5) is 4.79 Å². The molecule has 4 aliphatic rings. The van der Waals surface area contributed by atoms with Gasteiger partial charge in [-0.25, -0.2) is 4.79 Å². The maximum atomic E-state index is 12.1. The summed E-state index contributed by atoms with van der Waals surface area (Å²) in [5, 5.41) is 19.1. The molecule has 4 saturated heterocycles. The monoisotopic (exact) mass is 408 g/mol. The molecule has 0 aromatic carbocycles. The third-order valence-electron chi connectivity index (χ3n) is 4.86. The van der Waals surface area contributed by atoms with E-state index in [9.17, 15) is 25.0 Å². The fourth-order valence-corrected chi connectivity index (χ4v) is 3.74. The molecule has 0 aromatic rings. The van der Waals surface area contributed by atoms with Crippen molar-refractivity contribution in [2.75, 3.05) is 26.4 Å². The lowest BCUT2D eigenvalue weighted by Crippen LogP contribution is -2.38. The second kappa shape index (κ2) is 7.50. The van der Waals surface area contributed by atoms with E-state index in [0.29, 0.717) is 0 Å². The number of nitrogens with zero attached hydrogens (tertiary/aromatic N) is 2. The first-order valence-corrected chi connectivity index (χ1v) is 8.38. The summed E-state index contributed by atoms with van der Waals surface area (Å²) < 4.78 is 31.9. The van der Waals surface area contributed by atoms with Crippen LogP contribution >= 0.6 is 0 Å². The molecule has 15 nitrogen and oxygen atoms in total. The molecule has 156 valence electrons. The second-order valence-electron chi connectivity index (χ2n) is 6.49. The van der Waals surface area contributed by atoms with Gasteiger partial charge in [0.25, 0.3) is 10.2 Å². The van der Waals surface area contributed by atoms with Gasteiger partial charge in [-0.1, -0.05) is 0 Å². The van der Waals surface area contributed by atoms with Gasteiger partial charge in [-0.2, -0.15) is 0 Å². The van der Waals surface area contributed by atoms with Gasteiger partial charge in [0.2, 0.25) is 0 Å². The molecule has 0 aliphatic carbocycles. The van der Waals surface area contributed by atoms with E-state index in [4.69, 9.17) is 28.4 Å². The van der Waals surface area contributed by atoms with Crippen molar-refractivity contribution in [3.05, 3.63) is 20.2 Å². The van der Waals surface area contributed by atoms with E-state index in [2.05, 4.69) is 9.68 Å². The van der Waals surface area contributed by atoms with Crippen molar-refractivity contribution in [1.29, 1.82) is 0 Å². The van der Waals surface area contributed by atoms with Crippen LogP contribution in [0.2, 0.25) is 0 Å². The predicted molar refractivity (Wildman–Crippen MR) is 77.8 cm³/mol. The number of carbonyl (C=O) groups excluding carboxylic acids is 1. The number of ether oxygens (including phenoxy) is 6. The molecule has 28 heavy (non-hydrogen) atoms. The summed E-state index contributed by atoms with van der Waals surface area (Å²) in [7, 11) is 0. The minimum Gasteiger partial charge on any atom is -0.426 e. The SMILES string of the molecule is O=C(O[C@@H]1CO[C@@H]2[C@@H]1OC[C@H]2O[N+](=O)[O-])O[C@@H]1CO[C@@H]2[C@@H]1OC[C@H]2O[N+](=O)[O-]. The van der Waals surface area contributed by atoms with E-state index in [1.165, 1.54) is 0 Å². The van der Waals surface area contributed by atoms with Gasteiger partial charge in [-0.05, 0) is 0 Å². The number of fused-ring (bicyclic) bond motifs is 2. The number of carbonyl (C=O) groups is 1. The average molecular weight is 408 g/mol. The average Bonchev–Trinajstić information content (AvgIpc) is 3.34. The number of hydrogen-bond donors (Lipinski definition) is 0. The van der Waals surface area contributed by atoms with Crippen molar-refractivity contribution in [3.8, 4) is 0 Å². The zero-order chi connectivity index (χ0) is 19.8. The fourth-order valence-electron chi connectivity index (χ4n) is 3.74. The van der Waals surface area contributed by atoms with Gasteiger partial charge in [0.05, 0.1) is 26.4 Å². The van der Waals surface area contributed by atoms with E-state index in [1.807, 2.05) is 0 Å². The molecule has 0 saturated carbocycles. The summed E-state index contributed by atoms with van der Waals surface area (Å²) in [6, 6.07) is 0. The van der Waals surface area contributed by atoms with Crippen LogP contribution in [-0.4, -0.2) is 91.6 Å². The molecule has 4 fully saturated rings. The predicted octanol–water partition coefficient (Wildman–Crippen LogP) is -1.37. The Morgan fingerprint density at radius 2 is 1.00 bits per heavy atom. The second-order valence-corrected chi connectivity index (χ2v) is 6.49. The largest absolute Gasteiger partial charge is 0.509 e. The molecule has 4 rings (SSSR count). The van der Waals surface area contributed by atoms with Crippen molar-refractivity contribution in [2.24, 2.45) is 0 Å². The number of rotatable bonds is 6. The van der Waals surface area contributed by atoms with Crippen molar-refractivity contribution in [1.82, 2.24) is 0 Å². The molecular weight excluding hydrogens is 392 g/mol. The minimum absolute atomic E-state index is 0.0372. The topological polar surface area (TPSA) is 177 Å². The summed E-state index contributed by atoms with van der Waals surface area (Å²) in [6.07, 6.45) is -7.40. The van der Waals surface area contributed by atoms with Gasteiger partial charge in [0.1, 0.15) is 24.4 Å². The van der Waals surface area contributed by atoms with Crippen molar-refractivity contribution in [2.45, 2.75) is 48.8 Å². The lowest BCUT2D eigenvalue weighted by Gasteiger charge is -2.20. The van der Waals surface area contributed by atoms with Crippen LogP contribution in [0, 0.1) is 20.2 Å². The van der Waals surface area contributed by atoms with E-state index in [0.717, 1.165) is 0 Å². The van der Waals surface area contributed by atoms with Gasteiger partial charge >= 0.3 is 6.16 Å². The molecule has 15 heteroatoms. The molecule has 4 aliphatic heterocycles. The van der Waals surface area contributed by atoms with E-state index in [-0.39, 0.29) is 26.4 Å². The maximum Gasteiger partial charge on any atom is 0.509 e. The smallest absolute Gasteiger partial charge is 0.426 e. The summed E-state index contributed by atoms with van der Waals surface area (Å²) >= 11 is 0. The van der Waals surface area contributed by atoms with E-state index >= 15 is 0 Å². The van der Waals surface area contributed by atoms with Crippen molar-refractivity contribution in [3.63, 3.8) is 0 Å². The Morgan fingerprint density at radius 3 is 1.36 bits per heavy atom. The van der Waals surface area contributed by atoms with E-state index < -0.39 is 65.2 Å². The molecule has 8 atom stereocenters. The Hall–Kier alpha value is -2.49. The van der Waals surface area contributed by atoms with Gasteiger partial charge in [0, 0.05) is 0 Å². The van der Waals surface area contributed by atoms with Crippen LogP contribution in [0.15, 0.2) is 0 Å². The Labute approximate surface area is 155 Å². The minimum atomic E-state index is -1.03. The third kappa shape index (κ3) is 3.60. The molecule has 0 unspecified atom stereocenters. The first-order valence-electron chi connectivity index (χ1n) is 8.38. The lowest BCUT2D eigenvalue weighted by molar-refractivity contribution is -0.769. The summed E-state index contributed by atoms with van der Waals surface area (Å²) in [6.45, 7) is -0.219. The highest BCUT2D eigenvalue weighted by atomic mass is 17.0. The Balaban J connectivity index is 1.27. The molecular formula is C13H16N2O13. The van der Waals surface area contributed by atoms with Crippen LogP contribution in [0.3, 0.4) is 0 Å². The summed E-state index contributed by atoms with van der Waals surface area (Å²) in [4.78, 5) is 42.0. The first kappa shape index (κ1) is 18.9. The molecule has 0 amide bonds. The Kier molecular flexibility index (Phi) is 5.05. The van der Waals surface area contributed by atoms with Crippen molar-refractivity contribution >= 4 is 6.16 Å². The zero-order valence-corrected chi connectivity index (χ0v) is 14.1. The molecule has 0 radical (unpaired) electrons. The Bertz CT molecular complexity index is 594. The molecule has 0 N–H and O–H groups in total. The highest BCUT2D eigenvalue weighted by Crippen LogP contribution is 2.33. The lowest BCUT2D eigenvalue weighted by atomic mass is 10.1. The summed E-state index contributed by atoms with van der Waals surface area (Å²) in [5.41, 5.74) is 0. The quantitative estimate of drug-likeness (QED) is 0.286. The van der Waals surface area contributed by atoms with Crippen LogP contribution in [0.5, 0.6) is 0 Å². The maximum absolute atomic E-state index is 12.1. The van der Waals surface area contributed by atoms with Crippen LogP contribution in [-0.2, 0) is 38.1 Å². The van der Waals surface area contributed by atoms with Gasteiger partial charge in [-0.3, -0.25) is 0 Å². The van der Waals surface area contributed by atoms with E-state index in [1.54, 1.807) is 0 Å². The molecule has 0 bridgehead atoms. The zero-order valence-electron chi connectivity index (χ0n) is 14.1. The highest BCUT2D eigenvalue weighted by Gasteiger charge is 2.53. The first-order chi connectivity index (χ1) is 13.4. The van der Waals surface area contributed by atoms with Crippen LogP contribution in [0.25, 0.3) is 0 Å². The van der Waals surface area contributed by atoms with Gasteiger partial charge in [-0.15, -0.1) is 20.2 Å². The fraction of sp³-hybridized carbons (Fsp3) is 0.923. The number of hydrogen-bond acceptors (Lipinski definition) is 13. The molecule has 4 heterocycles. The van der Waals surface area contributed by atoms with Crippen LogP contribution in [0.1, 0.15) is 0 Å². The van der Waals surface area contributed by atoms with Crippen molar-refractivity contribution < 1.29 is 53.1 Å². The van der Waals surface area contributed by atoms with Crippen LogP contribution < -0.4 is 0 Å². The molecule has 0 spiro atoms. The normalized spacial score (nSPS) is 41.1. The highest BCUT2D eigenvalue weighted by molar-refractivity contribution is 5.60.